The van der Waals surface area contributed by atoms with Gasteiger partial charge in [0.25, 0.3) is 5.91 Å². The van der Waals surface area contributed by atoms with Crippen LogP contribution >= 0.6 is 0 Å². The molecule has 0 unspecified atom stereocenters. The number of halogens is 3. The summed E-state index contributed by atoms with van der Waals surface area (Å²) in [5.74, 6) is -0.973. The van der Waals surface area contributed by atoms with Gasteiger partial charge in [0.05, 0.1) is 12.2 Å². The average molecular weight is 466 g/mol. The van der Waals surface area contributed by atoms with Gasteiger partial charge in [-0.1, -0.05) is 41.6 Å². The predicted molar refractivity (Wildman–Crippen MR) is 107 cm³/mol. The van der Waals surface area contributed by atoms with Crippen LogP contribution in [-0.4, -0.2) is 32.1 Å². The third-order valence-electron chi connectivity index (χ3n) is 5.13. The van der Waals surface area contributed by atoms with E-state index in [1.54, 1.807) is 24.3 Å². The van der Waals surface area contributed by atoms with Gasteiger partial charge in [0.15, 0.2) is 11.4 Å². The van der Waals surface area contributed by atoms with Crippen LogP contribution in [0.5, 0.6) is 0 Å². The van der Waals surface area contributed by atoms with Crippen LogP contribution in [0.15, 0.2) is 59.1 Å². The number of alkyl halides is 3. The number of aromatic nitrogens is 1. The molecule has 176 valence electrons. The molecule has 3 rings (SSSR count). The van der Waals surface area contributed by atoms with Gasteiger partial charge in [0.1, 0.15) is 18.4 Å². The second kappa shape index (κ2) is 9.71. The summed E-state index contributed by atoms with van der Waals surface area (Å²) in [7, 11) is 0. The van der Waals surface area contributed by atoms with Gasteiger partial charge in [0, 0.05) is 6.07 Å². The highest BCUT2D eigenvalue weighted by Gasteiger charge is 2.44. The van der Waals surface area contributed by atoms with Crippen molar-refractivity contribution in [2.75, 3.05) is 0 Å². The summed E-state index contributed by atoms with van der Waals surface area (Å²) in [5.41, 5.74) is 0.500. The third kappa shape index (κ3) is 5.40. The first-order chi connectivity index (χ1) is 15.6. The van der Waals surface area contributed by atoms with Gasteiger partial charge in [-0.25, -0.2) is 5.48 Å². The molecule has 3 aromatic rings. The molecular formula is C22H21F3N2O6. The van der Waals surface area contributed by atoms with Gasteiger partial charge >= 0.3 is 6.18 Å². The van der Waals surface area contributed by atoms with Crippen molar-refractivity contribution >= 4 is 5.91 Å². The zero-order chi connectivity index (χ0) is 24.2. The predicted octanol–water partition coefficient (Wildman–Crippen LogP) is 3.37. The maximum absolute atomic E-state index is 12.7. The van der Waals surface area contributed by atoms with E-state index >= 15 is 0 Å². The number of carbonyl (C=O) groups excluding carboxylic acids is 1. The number of hydrogen-bond donors (Lipinski definition) is 4. The van der Waals surface area contributed by atoms with Gasteiger partial charge in [-0.3, -0.25) is 10.0 Å². The Balaban J connectivity index is 1.74. The smallest absolute Gasteiger partial charge is 0.388 e. The lowest BCUT2D eigenvalue weighted by Crippen LogP contribution is -2.50. The van der Waals surface area contributed by atoms with Crippen LogP contribution in [-0.2, 0) is 28.9 Å². The van der Waals surface area contributed by atoms with Gasteiger partial charge in [-0.05, 0) is 35.7 Å². The van der Waals surface area contributed by atoms with E-state index in [0.29, 0.717) is 16.7 Å². The first-order valence-electron chi connectivity index (χ1n) is 9.68. The molecule has 0 aliphatic rings. The summed E-state index contributed by atoms with van der Waals surface area (Å²) in [5, 5.41) is 32.4. The Labute approximate surface area is 186 Å². The molecule has 2 atom stereocenters. The second-order valence-electron chi connectivity index (χ2n) is 7.39. The molecule has 8 nitrogen and oxygen atoms in total. The van der Waals surface area contributed by atoms with Crippen molar-refractivity contribution in [2.24, 2.45) is 0 Å². The van der Waals surface area contributed by atoms with Crippen molar-refractivity contribution in [2.45, 2.75) is 38.0 Å². The van der Waals surface area contributed by atoms with Crippen molar-refractivity contribution in [3.8, 4) is 11.1 Å². The standard InChI is InChI=1S/C22H21F3N2O6/c1-21(20(30)26-31,19(29)18-10-17(11-28)33-27-18)32-12-13-2-4-14(5-3-13)15-6-8-16(9-7-15)22(23,24)25/h2-10,19,28-29,31H,11-12H2,1H3,(H,26,30)/t19-,21+/m1/s1. The lowest BCUT2D eigenvalue weighted by atomic mass is 9.95. The minimum atomic E-state index is -4.41. The van der Waals surface area contributed by atoms with E-state index in [9.17, 15) is 23.1 Å². The monoisotopic (exact) mass is 466 g/mol. The lowest BCUT2D eigenvalue weighted by Gasteiger charge is -2.31. The topological polar surface area (TPSA) is 125 Å². The highest BCUT2D eigenvalue weighted by Crippen LogP contribution is 2.32. The molecule has 11 heteroatoms. The van der Waals surface area contributed by atoms with Crippen LogP contribution in [0.2, 0.25) is 0 Å². The molecule has 0 fully saturated rings. The largest absolute Gasteiger partial charge is 0.416 e. The lowest BCUT2D eigenvalue weighted by molar-refractivity contribution is -0.174. The first-order valence-corrected chi connectivity index (χ1v) is 9.68. The van der Waals surface area contributed by atoms with Crippen LogP contribution in [0.3, 0.4) is 0 Å². The molecule has 33 heavy (non-hydrogen) atoms. The van der Waals surface area contributed by atoms with Gasteiger partial charge < -0.3 is 19.5 Å². The Morgan fingerprint density at radius 3 is 2.18 bits per heavy atom. The van der Waals surface area contributed by atoms with Crippen molar-refractivity contribution in [1.29, 1.82) is 0 Å². The van der Waals surface area contributed by atoms with Crippen molar-refractivity contribution in [3.05, 3.63) is 77.2 Å². The normalized spacial score (nSPS) is 14.5. The van der Waals surface area contributed by atoms with Crippen molar-refractivity contribution in [3.63, 3.8) is 0 Å². The Morgan fingerprint density at radius 1 is 1.12 bits per heavy atom. The summed E-state index contributed by atoms with van der Waals surface area (Å²) < 4.78 is 48.6. The van der Waals surface area contributed by atoms with Crippen LogP contribution < -0.4 is 5.48 Å². The summed E-state index contributed by atoms with van der Waals surface area (Å²) in [4.78, 5) is 12.2. The number of aliphatic hydroxyl groups is 2. The third-order valence-corrected chi connectivity index (χ3v) is 5.13. The second-order valence-corrected chi connectivity index (χ2v) is 7.39. The maximum atomic E-state index is 12.7. The summed E-state index contributed by atoms with van der Waals surface area (Å²) in [6.07, 6.45) is -6.05. The molecule has 2 aromatic carbocycles. The van der Waals surface area contributed by atoms with E-state index in [1.165, 1.54) is 30.6 Å². The molecule has 1 amide bonds. The molecular weight excluding hydrogens is 445 g/mol. The van der Waals surface area contributed by atoms with Gasteiger partial charge in [-0.15, -0.1) is 0 Å². The molecule has 1 aromatic heterocycles. The summed E-state index contributed by atoms with van der Waals surface area (Å²) in [6.45, 7) is 0.626. The number of amides is 1. The van der Waals surface area contributed by atoms with E-state index in [4.69, 9.17) is 19.6 Å². The molecule has 1 heterocycles. The van der Waals surface area contributed by atoms with E-state index in [2.05, 4.69) is 5.16 Å². The number of carbonyl (C=O) groups is 1. The zero-order valence-corrected chi connectivity index (χ0v) is 17.3. The van der Waals surface area contributed by atoms with Gasteiger partial charge in [0.2, 0.25) is 0 Å². The van der Waals surface area contributed by atoms with E-state index < -0.39 is 36.0 Å². The molecule has 0 bridgehead atoms. The summed E-state index contributed by atoms with van der Waals surface area (Å²) in [6, 6.07) is 12.6. The Hall–Kier alpha value is -3.25. The highest BCUT2D eigenvalue weighted by atomic mass is 19.4. The van der Waals surface area contributed by atoms with Crippen LogP contribution in [0.4, 0.5) is 13.2 Å². The average Bonchev–Trinajstić information content (AvgIpc) is 3.30. The molecule has 0 spiro atoms. The highest BCUT2D eigenvalue weighted by molar-refractivity contribution is 5.84. The quantitative estimate of drug-likeness (QED) is 0.296. The molecule has 0 saturated heterocycles. The number of benzene rings is 2. The van der Waals surface area contributed by atoms with Crippen LogP contribution in [0.1, 0.15) is 35.6 Å². The Morgan fingerprint density at radius 2 is 1.70 bits per heavy atom. The molecule has 4 N–H and O–H groups in total. The first kappa shape index (κ1) is 24.4. The number of ether oxygens (including phenoxy) is 1. The zero-order valence-electron chi connectivity index (χ0n) is 17.3. The number of nitrogens with one attached hydrogen (secondary N) is 1. The fourth-order valence-corrected chi connectivity index (χ4v) is 3.07. The molecule has 0 aliphatic heterocycles. The SMILES string of the molecule is C[C@@](OCc1ccc(-c2ccc(C(F)(F)F)cc2)cc1)(C(=O)NO)[C@H](O)c1cc(CO)on1. The number of hydroxylamine groups is 1. The Bertz CT molecular complexity index is 1080. The molecule has 0 aliphatic carbocycles. The molecule has 0 radical (unpaired) electrons. The van der Waals surface area contributed by atoms with E-state index in [1.807, 2.05) is 0 Å². The van der Waals surface area contributed by atoms with Crippen LogP contribution in [0, 0.1) is 0 Å². The number of rotatable bonds is 8. The van der Waals surface area contributed by atoms with E-state index in [0.717, 1.165) is 12.1 Å². The fourth-order valence-electron chi connectivity index (χ4n) is 3.07. The van der Waals surface area contributed by atoms with E-state index in [-0.39, 0.29) is 18.1 Å². The molecule has 0 saturated carbocycles. The van der Waals surface area contributed by atoms with Crippen molar-refractivity contribution < 1.29 is 42.6 Å². The maximum Gasteiger partial charge on any atom is 0.416 e. The van der Waals surface area contributed by atoms with Gasteiger partial charge in [-0.2, -0.15) is 13.2 Å². The fraction of sp³-hybridized carbons (Fsp3) is 0.273. The number of hydrogen-bond acceptors (Lipinski definition) is 7. The van der Waals surface area contributed by atoms with Crippen molar-refractivity contribution in [1.82, 2.24) is 10.6 Å². The summed E-state index contributed by atoms with van der Waals surface area (Å²) >= 11 is 0. The number of aliphatic hydroxyl groups excluding tert-OH is 2. The minimum absolute atomic E-state index is 0.0645. The minimum Gasteiger partial charge on any atom is -0.388 e. The Kier molecular flexibility index (Phi) is 7.18. The van der Waals surface area contributed by atoms with Crippen LogP contribution in [0.25, 0.3) is 11.1 Å². The number of nitrogens with zero attached hydrogens (tertiary/aromatic N) is 1.